The average molecular weight is 276 g/mol. The highest BCUT2D eigenvalue weighted by Crippen LogP contribution is 2.38. The van der Waals surface area contributed by atoms with Gasteiger partial charge in [-0.3, -0.25) is 9.59 Å². The van der Waals surface area contributed by atoms with Gasteiger partial charge in [0.25, 0.3) is 5.91 Å². The fraction of sp³-hybridized carbons (Fsp3) is 0.467. The number of hydrogen-bond donors (Lipinski definition) is 2. The van der Waals surface area contributed by atoms with Crippen LogP contribution in [0.3, 0.4) is 0 Å². The van der Waals surface area contributed by atoms with Crippen LogP contribution in [0.25, 0.3) is 0 Å². The van der Waals surface area contributed by atoms with Crippen LogP contribution < -0.4 is 10.6 Å². The zero-order chi connectivity index (χ0) is 14.5. The van der Waals surface area contributed by atoms with Crippen molar-refractivity contribution in [3.05, 3.63) is 29.8 Å². The number of ether oxygens (including phenoxy) is 1. The van der Waals surface area contributed by atoms with Crippen molar-refractivity contribution in [1.29, 1.82) is 0 Å². The molecule has 108 valence electrons. The van der Waals surface area contributed by atoms with Gasteiger partial charge in [-0.1, -0.05) is 6.92 Å². The lowest BCUT2D eigenvalue weighted by Crippen LogP contribution is -2.26. The second-order valence-corrected chi connectivity index (χ2v) is 5.13. The molecule has 0 spiro atoms. The molecule has 2 unspecified atom stereocenters. The van der Waals surface area contributed by atoms with Gasteiger partial charge in [0.15, 0.2) is 0 Å². The van der Waals surface area contributed by atoms with E-state index in [0.717, 1.165) is 12.1 Å². The van der Waals surface area contributed by atoms with E-state index in [-0.39, 0.29) is 17.7 Å². The number of nitrogens with one attached hydrogen (secondary N) is 2. The van der Waals surface area contributed by atoms with Gasteiger partial charge in [0.05, 0.1) is 6.61 Å². The van der Waals surface area contributed by atoms with E-state index >= 15 is 0 Å². The Morgan fingerprint density at radius 3 is 2.50 bits per heavy atom. The van der Waals surface area contributed by atoms with Crippen LogP contribution in [0.5, 0.6) is 0 Å². The molecule has 1 aliphatic carbocycles. The summed E-state index contributed by atoms with van der Waals surface area (Å²) in [5.41, 5.74) is 1.29. The van der Waals surface area contributed by atoms with E-state index in [1.165, 1.54) is 0 Å². The van der Waals surface area contributed by atoms with Crippen LogP contribution in [0.4, 0.5) is 5.69 Å². The van der Waals surface area contributed by atoms with Crippen LogP contribution in [0.2, 0.25) is 0 Å². The highest BCUT2D eigenvalue weighted by atomic mass is 16.5. The molecule has 1 fully saturated rings. The minimum atomic E-state index is -0.143. The van der Waals surface area contributed by atoms with Crippen LogP contribution >= 0.6 is 0 Å². The minimum absolute atomic E-state index is 0.0646. The lowest BCUT2D eigenvalue weighted by atomic mass is 10.2. The Hall–Kier alpha value is -1.88. The predicted octanol–water partition coefficient (Wildman–Crippen LogP) is 1.66. The SMILES string of the molecule is COCCNC(=O)c1ccc(NC(=O)C2CC2C)cc1. The first-order chi connectivity index (χ1) is 9.61. The normalized spacial score (nSPS) is 20.3. The summed E-state index contributed by atoms with van der Waals surface area (Å²) in [5, 5.41) is 5.60. The third-order valence-corrected chi connectivity index (χ3v) is 3.45. The van der Waals surface area contributed by atoms with Gasteiger partial charge in [-0.15, -0.1) is 0 Å². The van der Waals surface area contributed by atoms with Crippen LogP contribution in [-0.4, -0.2) is 32.1 Å². The number of benzene rings is 1. The van der Waals surface area contributed by atoms with Gasteiger partial charge in [0.1, 0.15) is 0 Å². The van der Waals surface area contributed by atoms with Crippen molar-refractivity contribution < 1.29 is 14.3 Å². The molecule has 1 aliphatic rings. The van der Waals surface area contributed by atoms with Gasteiger partial charge in [0.2, 0.25) is 5.91 Å². The maximum atomic E-state index is 11.8. The monoisotopic (exact) mass is 276 g/mol. The average Bonchev–Trinajstić information content (AvgIpc) is 3.17. The number of carbonyl (C=O) groups excluding carboxylic acids is 2. The highest BCUT2D eigenvalue weighted by Gasteiger charge is 2.38. The van der Waals surface area contributed by atoms with Gasteiger partial charge in [0, 0.05) is 30.8 Å². The summed E-state index contributed by atoms with van der Waals surface area (Å²) in [4.78, 5) is 23.5. The molecule has 1 saturated carbocycles. The Morgan fingerprint density at radius 2 is 1.95 bits per heavy atom. The zero-order valence-electron chi connectivity index (χ0n) is 11.8. The molecule has 1 aromatic carbocycles. The van der Waals surface area contributed by atoms with Crippen molar-refractivity contribution in [3.8, 4) is 0 Å². The van der Waals surface area contributed by atoms with Crippen molar-refractivity contribution in [2.45, 2.75) is 13.3 Å². The summed E-state index contributed by atoms with van der Waals surface area (Å²) in [5.74, 6) is 0.554. The van der Waals surface area contributed by atoms with Crippen molar-refractivity contribution in [2.75, 3.05) is 25.6 Å². The molecule has 0 heterocycles. The van der Waals surface area contributed by atoms with Gasteiger partial charge in [-0.25, -0.2) is 0 Å². The molecule has 0 aliphatic heterocycles. The lowest BCUT2D eigenvalue weighted by Gasteiger charge is -2.07. The quantitative estimate of drug-likeness (QED) is 0.776. The van der Waals surface area contributed by atoms with Crippen LogP contribution in [0, 0.1) is 11.8 Å². The maximum absolute atomic E-state index is 11.8. The molecule has 5 nitrogen and oxygen atoms in total. The second-order valence-electron chi connectivity index (χ2n) is 5.13. The van der Waals surface area contributed by atoms with Gasteiger partial charge in [-0.2, -0.15) is 0 Å². The Labute approximate surface area is 118 Å². The van der Waals surface area contributed by atoms with E-state index in [0.29, 0.717) is 24.6 Å². The standard InChI is InChI=1S/C15H20N2O3/c1-10-9-13(10)15(19)17-12-5-3-11(4-6-12)14(18)16-7-8-20-2/h3-6,10,13H,7-9H2,1-2H3,(H,16,18)(H,17,19). The smallest absolute Gasteiger partial charge is 0.251 e. The van der Waals surface area contributed by atoms with E-state index in [2.05, 4.69) is 17.6 Å². The molecule has 0 saturated heterocycles. The number of amides is 2. The molecule has 2 N–H and O–H groups in total. The van der Waals surface area contributed by atoms with E-state index in [9.17, 15) is 9.59 Å². The van der Waals surface area contributed by atoms with E-state index < -0.39 is 0 Å². The maximum Gasteiger partial charge on any atom is 0.251 e. The molecule has 0 bridgehead atoms. The zero-order valence-corrected chi connectivity index (χ0v) is 11.8. The van der Waals surface area contributed by atoms with E-state index in [1.54, 1.807) is 31.4 Å². The van der Waals surface area contributed by atoms with Crippen LogP contribution in [-0.2, 0) is 9.53 Å². The van der Waals surface area contributed by atoms with E-state index in [4.69, 9.17) is 4.74 Å². The first kappa shape index (κ1) is 14.5. The molecule has 2 atom stereocenters. The largest absolute Gasteiger partial charge is 0.383 e. The summed E-state index contributed by atoms with van der Waals surface area (Å²) in [6.07, 6.45) is 0.964. The summed E-state index contributed by atoms with van der Waals surface area (Å²) in [6, 6.07) is 6.90. The Kier molecular flexibility index (Phi) is 4.74. The summed E-state index contributed by atoms with van der Waals surface area (Å²) in [6.45, 7) is 3.03. The molecule has 20 heavy (non-hydrogen) atoms. The van der Waals surface area contributed by atoms with Crippen LogP contribution in [0.15, 0.2) is 24.3 Å². The number of carbonyl (C=O) groups is 2. The molecule has 2 amide bonds. The molecule has 0 aromatic heterocycles. The summed E-state index contributed by atoms with van der Waals surface area (Å²) >= 11 is 0. The predicted molar refractivity (Wildman–Crippen MR) is 76.6 cm³/mol. The van der Waals surface area contributed by atoms with Gasteiger partial charge < -0.3 is 15.4 Å². The molecular weight excluding hydrogens is 256 g/mol. The van der Waals surface area contributed by atoms with Crippen molar-refractivity contribution >= 4 is 17.5 Å². The molecule has 2 rings (SSSR count). The van der Waals surface area contributed by atoms with Crippen LogP contribution in [0.1, 0.15) is 23.7 Å². The Morgan fingerprint density at radius 1 is 1.30 bits per heavy atom. The van der Waals surface area contributed by atoms with Gasteiger partial charge >= 0.3 is 0 Å². The van der Waals surface area contributed by atoms with Crippen molar-refractivity contribution in [3.63, 3.8) is 0 Å². The fourth-order valence-corrected chi connectivity index (χ4v) is 2.00. The first-order valence-electron chi connectivity index (χ1n) is 6.80. The fourth-order valence-electron chi connectivity index (χ4n) is 2.00. The summed E-state index contributed by atoms with van der Waals surface area (Å²) in [7, 11) is 1.59. The second kappa shape index (κ2) is 6.52. The number of anilines is 1. The number of rotatable bonds is 6. The molecule has 5 heteroatoms. The molecular formula is C15H20N2O3. The molecule has 0 radical (unpaired) electrons. The summed E-state index contributed by atoms with van der Waals surface area (Å²) < 4.78 is 4.87. The third kappa shape index (κ3) is 3.81. The Bertz CT molecular complexity index is 484. The topological polar surface area (TPSA) is 67.4 Å². The first-order valence-corrected chi connectivity index (χ1v) is 6.80. The number of hydrogen-bond acceptors (Lipinski definition) is 3. The van der Waals surface area contributed by atoms with Crippen molar-refractivity contribution in [2.24, 2.45) is 11.8 Å². The van der Waals surface area contributed by atoms with Gasteiger partial charge in [-0.05, 0) is 36.6 Å². The third-order valence-electron chi connectivity index (χ3n) is 3.45. The Balaban J connectivity index is 1.86. The highest BCUT2D eigenvalue weighted by molar-refractivity contribution is 5.96. The lowest BCUT2D eigenvalue weighted by molar-refractivity contribution is -0.117. The molecule has 1 aromatic rings. The minimum Gasteiger partial charge on any atom is -0.383 e. The number of methoxy groups -OCH3 is 1. The van der Waals surface area contributed by atoms with Crippen molar-refractivity contribution in [1.82, 2.24) is 5.32 Å². The van der Waals surface area contributed by atoms with E-state index in [1.807, 2.05) is 0 Å².